The van der Waals surface area contributed by atoms with E-state index in [9.17, 15) is 23.1 Å². The molecule has 200 valence electrons. The summed E-state index contributed by atoms with van der Waals surface area (Å²) in [7, 11) is -3.35. The monoisotopic (exact) mass is 524 g/mol. The maximum absolute atomic E-state index is 12.1. The summed E-state index contributed by atoms with van der Waals surface area (Å²) in [5.41, 5.74) is 2.40. The number of aromatic nitrogens is 1. The molecule has 1 aromatic heterocycles. The molecule has 2 fully saturated rings. The van der Waals surface area contributed by atoms with Crippen molar-refractivity contribution in [1.29, 1.82) is 0 Å². The lowest BCUT2D eigenvalue weighted by atomic mass is 9.79. The van der Waals surface area contributed by atoms with Gasteiger partial charge < -0.3 is 25.2 Å². The predicted octanol–water partition coefficient (Wildman–Crippen LogP) is 1.77. The second-order valence-corrected chi connectivity index (χ2v) is 12.0. The zero-order chi connectivity index (χ0) is 25.7. The normalized spacial score (nSPS) is 24.8. The molecule has 1 amide bonds. The minimum atomic E-state index is -3.35. The Morgan fingerprint density at radius 3 is 2.83 bits per heavy atom. The first-order chi connectivity index (χ1) is 17.2. The topological polar surface area (TPSA) is 147 Å². The molecule has 0 aromatic carbocycles. The number of carboxylic acid groups (broad SMARTS) is 1. The number of pyridine rings is 1. The number of fused-ring (bicyclic) bond motifs is 1. The van der Waals surface area contributed by atoms with E-state index in [0.29, 0.717) is 12.3 Å². The van der Waals surface area contributed by atoms with Crippen LogP contribution in [-0.2, 0) is 37.1 Å². The van der Waals surface area contributed by atoms with E-state index in [-0.39, 0.29) is 32.2 Å². The quantitative estimate of drug-likeness (QED) is 0.394. The van der Waals surface area contributed by atoms with E-state index in [1.54, 1.807) is 0 Å². The number of rotatable bonds is 11. The van der Waals surface area contributed by atoms with Crippen molar-refractivity contribution in [2.75, 3.05) is 37.8 Å². The first-order valence-electron chi connectivity index (χ1n) is 12.7. The second-order valence-electron chi connectivity index (χ2n) is 9.97. The van der Waals surface area contributed by atoms with Crippen LogP contribution in [0.15, 0.2) is 12.1 Å². The Hall–Kier alpha value is -2.44. The molecule has 36 heavy (non-hydrogen) atoms. The Morgan fingerprint density at radius 2 is 2.11 bits per heavy atom. The van der Waals surface area contributed by atoms with Gasteiger partial charge in [-0.3, -0.25) is 0 Å². The lowest BCUT2D eigenvalue weighted by Crippen LogP contribution is -2.43. The van der Waals surface area contributed by atoms with Gasteiger partial charge in [-0.25, -0.2) is 23.0 Å². The van der Waals surface area contributed by atoms with Crippen molar-refractivity contribution in [1.82, 2.24) is 14.6 Å². The predicted molar refractivity (Wildman–Crippen MR) is 132 cm³/mol. The van der Waals surface area contributed by atoms with Crippen LogP contribution < -0.4 is 10.6 Å². The summed E-state index contributed by atoms with van der Waals surface area (Å²) < 4.78 is 35.4. The fourth-order valence-electron chi connectivity index (χ4n) is 4.94. The average molecular weight is 525 g/mol. The maximum Gasteiger partial charge on any atom is 0.408 e. The highest BCUT2D eigenvalue weighted by Gasteiger charge is 2.33. The van der Waals surface area contributed by atoms with Gasteiger partial charge in [0.2, 0.25) is 10.0 Å². The highest BCUT2D eigenvalue weighted by atomic mass is 32.2. The van der Waals surface area contributed by atoms with Crippen molar-refractivity contribution < 1.29 is 32.6 Å². The summed E-state index contributed by atoms with van der Waals surface area (Å²) in [5, 5.41) is 15.2. The molecular weight excluding hydrogens is 488 g/mol. The first-order valence-corrected chi connectivity index (χ1v) is 14.5. The van der Waals surface area contributed by atoms with E-state index in [1.165, 1.54) is 9.87 Å². The second kappa shape index (κ2) is 11.7. The number of amides is 1. The zero-order valence-electron chi connectivity index (χ0n) is 20.6. The number of carbonyl (C=O) groups excluding carboxylic acids is 1. The minimum absolute atomic E-state index is 0.0787. The maximum atomic E-state index is 12.1. The fourth-order valence-corrected chi connectivity index (χ4v) is 5.81. The third-order valence-corrected chi connectivity index (χ3v) is 8.42. The summed E-state index contributed by atoms with van der Waals surface area (Å²) in [4.78, 5) is 28.4. The minimum Gasteiger partial charge on any atom is -0.480 e. The van der Waals surface area contributed by atoms with Gasteiger partial charge in [0.05, 0.1) is 18.9 Å². The Kier molecular flexibility index (Phi) is 8.68. The molecule has 1 aliphatic carbocycles. The van der Waals surface area contributed by atoms with Gasteiger partial charge in [0.15, 0.2) is 0 Å². The van der Waals surface area contributed by atoms with Crippen LogP contribution in [0.5, 0.6) is 0 Å². The van der Waals surface area contributed by atoms with E-state index in [0.717, 1.165) is 62.8 Å². The van der Waals surface area contributed by atoms with Gasteiger partial charge in [-0.2, -0.15) is 4.31 Å². The van der Waals surface area contributed by atoms with Crippen LogP contribution >= 0.6 is 0 Å². The molecule has 2 aliphatic heterocycles. The van der Waals surface area contributed by atoms with Gasteiger partial charge >= 0.3 is 12.1 Å². The number of nitrogens with one attached hydrogen (secondary N) is 2. The van der Waals surface area contributed by atoms with E-state index in [1.807, 2.05) is 0 Å². The third kappa shape index (κ3) is 7.30. The van der Waals surface area contributed by atoms with Crippen LogP contribution in [0, 0.1) is 5.92 Å². The number of alkyl carbamates (subject to hydrolysis) is 1. The number of hydrogen-bond acceptors (Lipinski definition) is 8. The highest BCUT2D eigenvalue weighted by Crippen LogP contribution is 2.34. The largest absolute Gasteiger partial charge is 0.480 e. The molecule has 1 saturated carbocycles. The van der Waals surface area contributed by atoms with E-state index in [2.05, 4.69) is 22.8 Å². The fraction of sp³-hybridized carbons (Fsp3) is 0.708. The SMILES string of the molecule is CS(=O)(=O)N1CC[C@H](OC(=O)NC(CCOC2CC(CCc3ccc4c(n3)NCCC4)C2)C(=O)O)C1. The number of carboxylic acids is 1. The Balaban J connectivity index is 1.10. The Labute approximate surface area is 212 Å². The van der Waals surface area contributed by atoms with Gasteiger partial charge in [0, 0.05) is 31.8 Å². The molecule has 11 nitrogen and oxygen atoms in total. The van der Waals surface area contributed by atoms with E-state index in [4.69, 9.17) is 14.5 Å². The van der Waals surface area contributed by atoms with Crippen molar-refractivity contribution in [3.05, 3.63) is 23.4 Å². The molecule has 3 N–H and O–H groups in total. The lowest BCUT2D eigenvalue weighted by molar-refractivity contribution is -0.140. The average Bonchev–Trinajstić information content (AvgIpc) is 3.28. The van der Waals surface area contributed by atoms with Crippen LogP contribution in [0.4, 0.5) is 10.6 Å². The molecular formula is C24H36N4O7S. The third-order valence-electron chi connectivity index (χ3n) is 7.15. The first kappa shape index (κ1) is 26.6. The number of aliphatic carboxylic acids is 1. The summed E-state index contributed by atoms with van der Waals surface area (Å²) in [6, 6.07) is 3.17. The summed E-state index contributed by atoms with van der Waals surface area (Å²) in [6.07, 6.45) is 6.35. The van der Waals surface area contributed by atoms with Crippen LogP contribution in [-0.4, -0.2) is 85.6 Å². The molecule has 3 aliphatic rings. The Morgan fingerprint density at radius 1 is 1.31 bits per heavy atom. The van der Waals surface area contributed by atoms with Crippen molar-refractivity contribution in [3.8, 4) is 0 Å². The number of sulfonamides is 1. The molecule has 2 atom stereocenters. The number of aryl methyl sites for hydroxylation is 2. The van der Waals surface area contributed by atoms with E-state index < -0.39 is 34.2 Å². The number of carbonyl (C=O) groups is 2. The van der Waals surface area contributed by atoms with E-state index >= 15 is 0 Å². The smallest absolute Gasteiger partial charge is 0.408 e. The number of ether oxygens (including phenoxy) is 2. The van der Waals surface area contributed by atoms with Crippen molar-refractivity contribution >= 4 is 27.9 Å². The van der Waals surface area contributed by atoms with Crippen molar-refractivity contribution in [2.24, 2.45) is 5.92 Å². The van der Waals surface area contributed by atoms with Crippen LogP contribution in [0.3, 0.4) is 0 Å². The molecule has 0 bridgehead atoms. The summed E-state index contributed by atoms with van der Waals surface area (Å²) >= 11 is 0. The zero-order valence-corrected chi connectivity index (χ0v) is 21.5. The van der Waals surface area contributed by atoms with Gasteiger partial charge in [-0.1, -0.05) is 6.07 Å². The number of hydrogen-bond donors (Lipinski definition) is 3. The van der Waals surface area contributed by atoms with Crippen LogP contribution in [0.25, 0.3) is 0 Å². The standard InChI is InChI=1S/C24H36N4O7S/c1-36(32,33)28-11-8-19(15-28)35-24(31)27-21(23(29)30)9-12-34-20-13-16(14-20)4-6-18-7-5-17-3-2-10-25-22(17)26-18/h5,7,16,19-21H,2-4,6,8-15H2,1H3,(H,25,26)(H,27,31)(H,29,30)/t16?,19-,20?,21?/m0/s1. The molecule has 1 aromatic rings. The van der Waals surface area contributed by atoms with Gasteiger partial charge in [0.25, 0.3) is 0 Å². The number of anilines is 1. The molecule has 0 spiro atoms. The summed E-state index contributed by atoms with van der Waals surface area (Å²) in [5.74, 6) is 0.429. The molecule has 1 saturated heterocycles. The van der Waals surface area contributed by atoms with Crippen molar-refractivity contribution in [3.63, 3.8) is 0 Å². The molecule has 3 heterocycles. The number of nitrogens with zero attached hydrogens (tertiary/aromatic N) is 2. The molecule has 1 unspecified atom stereocenters. The van der Waals surface area contributed by atoms with Gasteiger partial charge in [0.1, 0.15) is 18.0 Å². The van der Waals surface area contributed by atoms with Crippen LogP contribution in [0.2, 0.25) is 0 Å². The highest BCUT2D eigenvalue weighted by molar-refractivity contribution is 7.88. The van der Waals surface area contributed by atoms with Gasteiger partial charge in [-0.05, 0) is 62.5 Å². The molecule has 4 rings (SSSR count). The summed E-state index contributed by atoms with van der Waals surface area (Å²) in [6.45, 7) is 1.55. The molecule has 12 heteroatoms. The lowest BCUT2D eigenvalue weighted by Gasteiger charge is -2.35. The van der Waals surface area contributed by atoms with Crippen molar-refractivity contribution in [2.45, 2.75) is 69.6 Å². The van der Waals surface area contributed by atoms with Crippen LogP contribution in [0.1, 0.15) is 49.8 Å². The van der Waals surface area contributed by atoms with Gasteiger partial charge in [-0.15, -0.1) is 0 Å². The Bertz CT molecular complexity index is 1040. The molecule has 0 radical (unpaired) electrons.